The van der Waals surface area contributed by atoms with Crippen molar-refractivity contribution in [3.8, 4) is 11.1 Å². The molecule has 0 aliphatic heterocycles. The first kappa shape index (κ1) is 12.4. The van der Waals surface area contributed by atoms with E-state index in [-0.39, 0.29) is 5.41 Å². The van der Waals surface area contributed by atoms with Crippen LogP contribution in [0.5, 0.6) is 0 Å². The molecular weight excluding hydrogens is 230 g/mol. The van der Waals surface area contributed by atoms with Gasteiger partial charge in [0.1, 0.15) is 0 Å². The number of nitrogens with zero attached hydrogens (tertiary/aromatic N) is 1. The van der Waals surface area contributed by atoms with Crippen LogP contribution in [0.25, 0.3) is 11.1 Å². The molecule has 0 saturated heterocycles. The average Bonchev–Trinajstić information content (AvgIpc) is 2.38. The quantitative estimate of drug-likeness (QED) is 0.710. The zero-order chi connectivity index (χ0) is 13.6. The van der Waals surface area contributed by atoms with Crippen molar-refractivity contribution in [2.45, 2.75) is 39.0 Å². The number of hydrogen-bond donors (Lipinski definition) is 0. The van der Waals surface area contributed by atoms with Crippen molar-refractivity contribution in [2.75, 3.05) is 0 Å². The lowest BCUT2D eigenvalue weighted by molar-refractivity contribution is 0.325. The summed E-state index contributed by atoms with van der Waals surface area (Å²) in [4.78, 5) is 4.34. The molecule has 1 aliphatic rings. The minimum atomic E-state index is 0.166. The molecule has 1 nitrogen and oxygen atoms in total. The minimum Gasteiger partial charge on any atom is -0.264 e. The van der Waals surface area contributed by atoms with E-state index >= 15 is 0 Å². The Labute approximate surface area is 115 Å². The van der Waals surface area contributed by atoms with E-state index in [1.54, 1.807) is 0 Å². The lowest BCUT2D eigenvalue weighted by Crippen LogP contribution is -2.34. The molecule has 0 spiro atoms. The van der Waals surface area contributed by atoms with Crippen LogP contribution in [0.1, 0.15) is 44.7 Å². The molecule has 1 unspecified atom stereocenters. The smallest absolute Gasteiger partial charge is 0.0349 e. The van der Waals surface area contributed by atoms with Crippen molar-refractivity contribution in [2.24, 2.45) is 5.92 Å². The molecule has 0 saturated carbocycles. The Balaban J connectivity index is 2.35. The average molecular weight is 251 g/mol. The number of fused-ring (bicyclic) bond motifs is 3. The zero-order valence-corrected chi connectivity index (χ0v) is 12.1. The Morgan fingerprint density at radius 3 is 2.53 bits per heavy atom. The van der Waals surface area contributed by atoms with Gasteiger partial charge in [-0.25, -0.2) is 0 Å². The Bertz CT molecular complexity index is 611. The normalized spacial score (nSPS) is 19.9. The number of rotatable bonds is 1. The molecule has 2 aromatic rings. The fourth-order valence-electron chi connectivity index (χ4n) is 3.93. The summed E-state index contributed by atoms with van der Waals surface area (Å²) in [6, 6.07) is 11.0. The Morgan fingerprint density at radius 1 is 1.05 bits per heavy atom. The van der Waals surface area contributed by atoms with Gasteiger partial charge in [0.2, 0.25) is 0 Å². The molecule has 1 aromatic carbocycles. The number of aromatic nitrogens is 1. The minimum absolute atomic E-state index is 0.166. The molecule has 0 bridgehead atoms. The molecule has 1 heterocycles. The number of benzene rings is 1. The summed E-state index contributed by atoms with van der Waals surface area (Å²) in [7, 11) is 0. The second-order valence-corrected chi connectivity index (χ2v) is 6.45. The maximum atomic E-state index is 4.34. The summed E-state index contributed by atoms with van der Waals surface area (Å²) >= 11 is 0. The van der Waals surface area contributed by atoms with E-state index in [4.69, 9.17) is 0 Å². The van der Waals surface area contributed by atoms with E-state index in [0.717, 1.165) is 0 Å². The van der Waals surface area contributed by atoms with Gasteiger partial charge in [-0.2, -0.15) is 0 Å². The molecular formula is C18H21N. The molecule has 0 N–H and O–H groups in total. The monoisotopic (exact) mass is 251 g/mol. The summed E-state index contributed by atoms with van der Waals surface area (Å²) in [5, 5.41) is 0. The topological polar surface area (TPSA) is 12.9 Å². The first-order valence-electron chi connectivity index (χ1n) is 7.07. The second kappa shape index (κ2) is 4.19. The van der Waals surface area contributed by atoms with Crippen LogP contribution in [-0.2, 0) is 5.41 Å². The molecule has 0 fully saturated rings. The van der Waals surface area contributed by atoms with Crippen LogP contribution in [-0.4, -0.2) is 4.98 Å². The van der Waals surface area contributed by atoms with Gasteiger partial charge in [0.15, 0.2) is 0 Å². The second-order valence-electron chi connectivity index (χ2n) is 6.45. The van der Waals surface area contributed by atoms with Crippen LogP contribution < -0.4 is 0 Å². The third kappa shape index (κ3) is 1.72. The van der Waals surface area contributed by atoms with Crippen LogP contribution in [0.3, 0.4) is 0 Å². The highest BCUT2D eigenvalue weighted by Gasteiger charge is 2.40. The van der Waals surface area contributed by atoms with E-state index in [0.29, 0.717) is 11.8 Å². The highest BCUT2D eigenvalue weighted by Crippen LogP contribution is 2.52. The van der Waals surface area contributed by atoms with Crippen LogP contribution in [0.15, 0.2) is 42.7 Å². The van der Waals surface area contributed by atoms with Gasteiger partial charge in [0.05, 0.1) is 0 Å². The number of pyridine rings is 1. The van der Waals surface area contributed by atoms with Crippen molar-refractivity contribution in [3.63, 3.8) is 0 Å². The van der Waals surface area contributed by atoms with E-state index < -0.39 is 0 Å². The Kier molecular flexibility index (Phi) is 2.74. The van der Waals surface area contributed by atoms with Gasteiger partial charge in [-0.15, -0.1) is 0 Å². The predicted molar refractivity (Wildman–Crippen MR) is 80.3 cm³/mol. The SMILES string of the molecule is CC(C)C1c2ccncc2-c2ccccc2C1(C)C. The van der Waals surface area contributed by atoms with Gasteiger partial charge < -0.3 is 0 Å². The van der Waals surface area contributed by atoms with Crippen LogP contribution in [0, 0.1) is 5.92 Å². The van der Waals surface area contributed by atoms with E-state index in [1.165, 1.54) is 22.3 Å². The van der Waals surface area contributed by atoms with Crippen molar-refractivity contribution >= 4 is 0 Å². The van der Waals surface area contributed by atoms with Gasteiger partial charge in [-0.05, 0) is 40.0 Å². The summed E-state index contributed by atoms with van der Waals surface area (Å²) in [5.41, 5.74) is 5.74. The van der Waals surface area contributed by atoms with Crippen molar-refractivity contribution in [1.29, 1.82) is 0 Å². The van der Waals surface area contributed by atoms with E-state index in [1.807, 2.05) is 12.4 Å². The summed E-state index contributed by atoms with van der Waals surface area (Å²) in [6.45, 7) is 9.40. The molecule has 0 radical (unpaired) electrons. The fraction of sp³-hybridized carbons (Fsp3) is 0.389. The third-order valence-corrected chi connectivity index (χ3v) is 4.55. The molecule has 1 aliphatic carbocycles. The fourth-order valence-corrected chi connectivity index (χ4v) is 3.93. The van der Waals surface area contributed by atoms with Gasteiger partial charge in [-0.1, -0.05) is 52.0 Å². The predicted octanol–water partition coefficient (Wildman–Crippen LogP) is 4.78. The molecule has 0 amide bonds. The zero-order valence-electron chi connectivity index (χ0n) is 12.1. The van der Waals surface area contributed by atoms with Crippen LogP contribution >= 0.6 is 0 Å². The summed E-state index contributed by atoms with van der Waals surface area (Å²) in [6.07, 6.45) is 3.96. The Hall–Kier alpha value is -1.63. The van der Waals surface area contributed by atoms with Crippen molar-refractivity contribution < 1.29 is 0 Å². The van der Waals surface area contributed by atoms with Crippen molar-refractivity contribution in [1.82, 2.24) is 4.98 Å². The molecule has 19 heavy (non-hydrogen) atoms. The van der Waals surface area contributed by atoms with Crippen LogP contribution in [0.2, 0.25) is 0 Å². The first-order chi connectivity index (χ1) is 9.03. The lowest BCUT2D eigenvalue weighted by atomic mass is 9.60. The van der Waals surface area contributed by atoms with E-state index in [2.05, 4.69) is 63.0 Å². The molecule has 98 valence electrons. The maximum Gasteiger partial charge on any atom is 0.0349 e. The highest BCUT2D eigenvalue weighted by molar-refractivity contribution is 5.75. The Morgan fingerprint density at radius 2 is 1.79 bits per heavy atom. The van der Waals surface area contributed by atoms with Crippen LogP contribution in [0.4, 0.5) is 0 Å². The maximum absolute atomic E-state index is 4.34. The van der Waals surface area contributed by atoms with E-state index in [9.17, 15) is 0 Å². The largest absolute Gasteiger partial charge is 0.264 e. The van der Waals surface area contributed by atoms with Gasteiger partial charge >= 0.3 is 0 Å². The lowest BCUT2D eigenvalue weighted by Gasteiger charge is -2.43. The van der Waals surface area contributed by atoms with Gasteiger partial charge in [0, 0.05) is 18.0 Å². The third-order valence-electron chi connectivity index (χ3n) is 4.55. The van der Waals surface area contributed by atoms with Gasteiger partial charge in [0.25, 0.3) is 0 Å². The summed E-state index contributed by atoms with van der Waals surface area (Å²) < 4.78 is 0. The van der Waals surface area contributed by atoms with Crippen molar-refractivity contribution in [3.05, 3.63) is 53.9 Å². The number of hydrogen-bond acceptors (Lipinski definition) is 1. The molecule has 1 atom stereocenters. The highest BCUT2D eigenvalue weighted by atomic mass is 14.6. The summed E-state index contributed by atoms with van der Waals surface area (Å²) in [5.74, 6) is 1.16. The first-order valence-corrected chi connectivity index (χ1v) is 7.07. The molecule has 1 heteroatoms. The van der Waals surface area contributed by atoms with Gasteiger partial charge in [-0.3, -0.25) is 4.98 Å². The standard InChI is InChI=1S/C18H21N/c1-12(2)17-14-9-10-19-11-15(14)13-7-5-6-8-16(13)18(17,3)4/h5-12,17H,1-4H3. The molecule has 1 aromatic heterocycles. The molecule has 3 rings (SSSR count).